The predicted molar refractivity (Wildman–Crippen MR) is 95.6 cm³/mol. The summed E-state index contributed by atoms with van der Waals surface area (Å²) in [7, 11) is 0. The lowest BCUT2D eigenvalue weighted by atomic mass is 10.1. The van der Waals surface area contributed by atoms with Gasteiger partial charge >= 0.3 is 0 Å². The van der Waals surface area contributed by atoms with Crippen LogP contribution >= 0.6 is 0 Å². The first kappa shape index (κ1) is 18.0. The van der Waals surface area contributed by atoms with Crippen molar-refractivity contribution < 1.29 is 4.79 Å². The molecule has 0 bridgehead atoms. The van der Waals surface area contributed by atoms with Gasteiger partial charge in [0.05, 0.1) is 0 Å². The molecule has 0 aromatic heterocycles. The fourth-order valence-corrected chi connectivity index (χ4v) is 2.56. The lowest BCUT2D eigenvalue weighted by Crippen LogP contribution is -2.46. The second kappa shape index (κ2) is 9.06. The minimum Gasteiger partial charge on any atom is -0.360 e. The number of nitriles is 1. The number of carbonyl (C=O) groups excluding carboxylic acids is 1. The Kier molecular flexibility index (Phi) is 6.79. The molecule has 24 heavy (non-hydrogen) atoms. The maximum absolute atomic E-state index is 12.1. The van der Waals surface area contributed by atoms with Gasteiger partial charge in [-0.2, -0.15) is 5.26 Å². The van der Waals surface area contributed by atoms with E-state index in [4.69, 9.17) is 0 Å². The average molecular weight is 327 g/mol. The monoisotopic (exact) mass is 327 g/mol. The van der Waals surface area contributed by atoms with Gasteiger partial charge in [-0.1, -0.05) is 12.1 Å². The third-order valence-electron chi connectivity index (χ3n) is 4.26. The number of hydrogen-bond acceptors (Lipinski definition) is 5. The van der Waals surface area contributed by atoms with Crippen LogP contribution in [0.4, 0.5) is 5.69 Å². The van der Waals surface area contributed by atoms with E-state index in [9.17, 15) is 10.1 Å². The largest absolute Gasteiger partial charge is 0.360 e. The van der Waals surface area contributed by atoms with Crippen LogP contribution in [0.2, 0.25) is 0 Å². The van der Waals surface area contributed by atoms with E-state index < -0.39 is 0 Å². The molecule has 3 N–H and O–H groups in total. The van der Waals surface area contributed by atoms with Crippen molar-refractivity contribution >= 4 is 11.6 Å². The Balaban J connectivity index is 1.86. The van der Waals surface area contributed by atoms with E-state index in [0.717, 1.165) is 49.5 Å². The van der Waals surface area contributed by atoms with Gasteiger partial charge in [-0.05, 0) is 31.0 Å². The van der Waals surface area contributed by atoms with Crippen LogP contribution in [0.25, 0.3) is 0 Å². The zero-order valence-corrected chi connectivity index (χ0v) is 14.4. The van der Waals surface area contributed by atoms with Crippen LogP contribution in [0.1, 0.15) is 11.1 Å². The molecule has 128 valence electrons. The third-order valence-corrected chi connectivity index (χ3v) is 4.26. The number of anilines is 1. The highest BCUT2D eigenvalue weighted by atomic mass is 16.1. The van der Waals surface area contributed by atoms with Crippen LogP contribution in [0, 0.1) is 25.2 Å². The fourth-order valence-electron chi connectivity index (χ4n) is 2.56. The summed E-state index contributed by atoms with van der Waals surface area (Å²) in [5.41, 5.74) is 3.24. The van der Waals surface area contributed by atoms with Crippen LogP contribution in [-0.2, 0) is 4.79 Å². The summed E-state index contributed by atoms with van der Waals surface area (Å²) in [5.74, 6) is -0.342. The lowest BCUT2D eigenvalue weighted by molar-refractivity contribution is -0.117. The van der Waals surface area contributed by atoms with E-state index in [1.165, 1.54) is 6.20 Å². The Morgan fingerprint density at radius 1 is 1.38 bits per heavy atom. The van der Waals surface area contributed by atoms with Gasteiger partial charge in [0.1, 0.15) is 11.6 Å². The van der Waals surface area contributed by atoms with Gasteiger partial charge in [-0.25, -0.2) is 0 Å². The molecule has 1 saturated heterocycles. The smallest absolute Gasteiger partial charge is 0.263 e. The zero-order valence-electron chi connectivity index (χ0n) is 14.4. The predicted octanol–water partition coefficient (Wildman–Crippen LogP) is 1.14. The van der Waals surface area contributed by atoms with Crippen molar-refractivity contribution in [2.45, 2.75) is 13.8 Å². The number of nitrogens with zero attached hydrogens (tertiary/aromatic N) is 2. The topological polar surface area (TPSA) is 80.2 Å². The lowest BCUT2D eigenvalue weighted by Gasteiger charge is -2.27. The number of rotatable bonds is 6. The number of carbonyl (C=O) groups is 1. The number of hydrogen-bond donors (Lipinski definition) is 3. The molecule has 1 aliphatic rings. The highest BCUT2D eigenvalue weighted by Gasteiger charge is 2.12. The first-order valence-corrected chi connectivity index (χ1v) is 8.26. The Morgan fingerprint density at radius 2 is 2.12 bits per heavy atom. The molecule has 6 nitrogen and oxygen atoms in total. The van der Waals surface area contributed by atoms with Crippen LogP contribution in [0.3, 0.4) is 0 Å². The summed E-state index contributed by atoms with van der Waals surface area (Å²) < 4.78 is 0. The van der Waals surface area contributed by atoms with Crippen LogP contribution in [0.5, 0.6) is 0 Å². The van der Waals surface area contributed by atoms with Gasteiger partial charge in [0.15, 0.2) is 0 Å². The molecule has 1 fully saturated rings. The van der Waals surface area contributed by atoms with Crippen molar-refractivity contribution in [1.29, 1.82) is 5.26 Å². The average Bonchev–Trinajstić information content (AvgIpc) is 2.60. The van der Waals surface area contributed by atoms with Gasteiger partial charge < -0.3 is 16.0 Å². The standard InChI is InChI=1S/C18H25N5O/c1-14-4-3-5-17(15(14)2)22-13-16(12-19)18(24)21-8-11-23-9-6-20-7-10-23/h3-5,13,20,22H,6-11H2,1-2H3,(H,21,24)/b16-13-. The van der Waals surface area contributed by atoms with E-state index in [1.807, 2.05) is 38.1 Å². The molecule has 0 saturated carbocycles. The Bertz CT molecular complexity index is 641. The van der Waals surface area contributed by atoms with Crippen molar-refractivity contribution in [3.05, 3.63) is 41.1 Å². The summed E-state index contributed by atoms with van der Waals surface area (Å²) in [6, 6.07) is 7.85. The Morgan fingerprint density at radius 3 is 2.83 bits per heavy atom. The van der Waals surface area contributed by atoms with Crippen LogP contribution in [-0.4, -0.2) is 50.1 Å². The normalized spacial score (nSPS) is 15.6. The minimum atomic E-state index is -0.342. The summed E-state index contributed by atoms with van der Waals surface area (Å²) >= 11 is 0. The summed E-state index contributed by atoms with van der Waals surface area (Å²) in [6.45, 7) is 9.32. The zero-order chi connectivity index (χ0) is 17.4. The van der Waals surface area contributed by atoms with Crippen molar-refractivity contribution in [3.8, 4) is 6.07 Å². The summed E-state index contributed by atoms with van der Waals surface area (Å²) in [4.78, 5) is 14.4. The molecule has 1 aliphatic heterocycles. The number of amides is 1. The first-order valence-electron chi connectivity index (χ1n) is 8.26. The molecule has 1 aromatic rings. The second-order valence-electron chi connectivity index (χ2n) is 5.91. The Labute approximate surface area is 143 Å². The summed E-state index contributed by atoms with van der Waals surface area (Å²) in [5, 5.41) is 18.4. The molecular formula is C18H25N5O. The van der Waals surface area contributed by atoms with E-state index in [-0.39, 0.29) is 11.5 Å². The van der Waals surface area contributed by atoms with Crippen molar-refractivity contribution in [3.63, 3.8) is 0 Å². The summed E-state index contributed by atoms with van der Waals surface area (Å²) in [6.07, 6.45) is 1.47. The molecule has 0 radical (unpaired) electrons. The number of benzene rings is 1. The van der Waals surface area contributed by atoms with Crippen LogP contribution < -0.4 is 16.0 Å². The molecule has 6 heteroatoms. The quantitative estimate of drug-likeness (QED) is 0.539. The van der Waals surface area contributed by atoms with Crippen molar-refractivity contribution in [2.75, 3.05) is 44.6 Å². The van der Waals surface area contributed by atoms with E-state index in [0.29, 0.717) is 6.54 Å². The molecule has 2 rings (SSSR count). The van der Waals surface area contributed by atoms with Gasteiger partial charge in [-0.15, -0.1) is 0 Å². The van der Waals surface area contributed by atoms with E-state index >= 15 is 0 Å². The van der Waals surface area contributed by atoms with Gasteiger partial charge in [0, 0.05) is 51.2 Å². The van der Waals surface area contributed by atoms with Crippen molar-refractivity contribution in [2.24, 2.45) is 0 Å². The molecule has 1 amide bonds. The number of aryl methyl sites for hydroxylation is 1. The molecule has 0 aliphatic carbocycles. The number of piperazine rings is 1. The second-order valence-corrected chi connectivity index (χ2v) is 5.91. The maximum Gasteiger partial charge on any atom is 0.263 e. The SMILES string of the molecule is Cc1cccc(N/C=C(/C#N)C(=O)NCCN2CCNCC2)c1C. The highest BCUT2D eigenvalue weighted by molar-refractivity contribution is 5.97. The van der Waals surface area contributed by atoms with Gasteiger partial charge in [0.2, 0.25) is 0 Å². The van der Waals surface area contributed by atoms with Gasteiger partial charge in [-0.3, -0.25) is 9.69 Å². The first-order chi connectivity index (χ1) is 11.6. The molecule has 0 atom stereocenters. The van der Waals surface area contributed by atoms with Gasteiger partial charge in [0.25, 0.3) is 5.91 Å². The van der Waals surface area contributed by atoms with Crippen LogP contribution in [0.15, 0.2) is 30.0 Å². The molecular weight excluding hydrogens is 302 g/mol. The highest BCUT2D eigenvalue weighted by Crippen LogP contribution is 2.18. The number of nitrogens with one attached hydrogen (secondary N) is 3. The maximum atomic E-state index is 12.1. The molecule has 0 spiro atoms. The molecule has 1 aromatic carbocycles. The van der Waals surface area contributed by atoms with Crippen molar-refractivity contribution in [1.82, 2.24) is 15.5 Å². The minimum absolute atomic E-state index is 0.0798. The van der Waals surface area contributed by atoms with E-state index in [2.05, 4.69) is 20.9 Å². The molecule has 1 heterocycles. The van der Waals surface area contributed by atoms with E-state index in [1.54, 1.807) is 0 Å². The molecule has 0 unspecified atom stereocenters. The Hall–Kier alpha value is -2.36. The third kappa shape index (κ3) is 5.08. The fraction of sp³-hybridized carbons (Fsp3) is 0.444.